The summed E-state index contributed by atoms with van der Waals surface area (Å²) in [5, 5.41) is 11.5. The Hall–Kier alpha value is -0.970. The third-order valence-corrected chi connectivity index (χ3v) is 5.79. The molecule has 1 heterocycles. The van der Waals surface area contributed by atoms with Crippen molar-refractivity contribution in [2.75, 3.05) is 7.11 Å². The van der Waals surface area contributed by atoms with E-state index in [1.54, 1.807) is 12.7 Å². The summed E-state index contributed by atoms with van der Waals surface area (Å²) in [6, 6.07) is 0. The second-order valence-corrected chi connectivity index (χ2v) is 6.49. The van der Waals surface area contributed by atoms with Crippen LogP contribution in [0.25, 0.3) is 0 Å². The average Bonchev–Trinajstić information content (AvgIpc) is 2.74. The molecule has 0 radical (unpaired) electrons. The molecule has 98 valence electrons. The Kier molecular flexibility index (Phi) is 3.09. The minimum Gasteiger partial charge on any atom is -0.494 e. The molecule has 0 bridgehead atoms. The monoisotopic (exact) mass is 267 g/mol. The van der Waals surface area contributed by atoms with Gasteiger partial charge in [-0.25, -0.2) is 0 Å². The highest BCUT2D eigenvalue weighted by molar-refractivity contribution is 8.04. The van der Waals surface area contributed by atoms with Crippen LogP contribution in [0.15, 0.2) is 21.9 Å². The lowest BCUT2D eigenvalue weighted by molar-refractivity contribution is -0.432. The third kappa shape index (κ3) is 1.85. The van der Waals surface area contributed by atoms with Crippen molar-refractivity contribution in [3.63, 3.8) is 0 Å². The van der Waals surface area contributed by atoms with E-state index in [2.05, 4.69) is 0 Å². The van der Waals surface area contributed by atoms with Crippen LogP contribution in [-0.4, -0.2) is 17.3 Å². The second kappa shape index (κ2) is 4.61. The highest BCUT2D eigenvalue weighted by Gasteiger charge is 2.44. The summed E-state index contributed by atoms with van der Waals surface area (Å²) in [6.07, 6.45) is 6.20. The first-order chi connectivity index (χ1) is 8.70. The van der Waals surface area contributed by atoms with Gasteiger partial charge >= 0.3 is 0 Å². The van der Waals surface area contributed by atoms with Crippen LogP contribution < -0.4 is 0 Å². The molecule has 0 fully saturated rings. The zero-order valence-corrected chi connectivity index (χ0v) is 11.3. The predicted molar refractivity (Wildman–Crippen MR) is 70.6 cm³/mol. The summed E-state index contributed by atoms with van der Waals surface area (Å²) in [6.45, 7) is 0. The first-order valence-corrected chi connectivity index (χ1v) is 7.37. The standard InChI is InChI=1S/C13H17NO3S/c1-17-11-6-9-8-4-2-3-5-12(8)18-13(9)7-10(11)14(15)16/h9,13H,2-7H2,1H3. The van der Waals surface area contributed by atoms with Crippen molar-refractivity contribution in [2.45, 2.75) is 43.8 Å². The first-order valence-electron chi connectivity index (χ1n) is 6.49. The number of nitro groups is 1. The molecular formula is C13H17NO3S. The van der Waals surface area contributed by atoms with Crippen LogP contribution in [0.3, 0.4) is 0 Å². The SMILES string of the molecule is COC1=C([N+](=O)[O-])CC2SC3=C(CCCC3)C2C1. The summed E-state index contributed by atoms with van der Waals surface area (Å²) in [5.41, 5.74) is 1.87. The van der Waals surface area contributed by atoms with Crippen LogP contribution in [0.1, 0.15) is 38.5 Å². The molecule has 4 nitrogen and oxygen atoms in total. The molecule has 0 aromatic carbocycles. The van der Waals surface area contributed by atoms with E-state index >= 15 is 0 Å². The Balaban J connectivity index is 1.88. The Morgan fingerprint density at radius 2 is 2.11 bits per heavy atom. The molecule has 1 aliphatic heterocycles. The predicted octanol–water partition coefficient (Wildman–Crippen LogP) is 3.47. The van der Waals surface area contributed by atoms with E-state index in [1.165, 1.54) is 30.6 Å². The largest absolute Gasteiger partial charge is 0.494 e. The molecule has 0 N–H and O–H groups in total. The van der Waals surface area contributed by atoms with Gasteiger partial charge in [-0.3, -0.25) is 10.1 Å². The van der Waals surface area contributed by atoms with Crippen LogP contribution in [-0.2, 0) is 4.74 Å². The lowest BCUT2D eigenvalue weighted by Gasteiger charge is -2.27. The summed E-state index contributed by atoms with van der Waals surface area (Å²) in [4.78, 5) is 12.3. The van der Waals surface area contributed by atoms with Gasteiger partial charge in [0.25, 0.3) is 5.70 Å². The van der Waals surface area contributed by atoms with E-state index in [0.29, 0.717) is 29.0 Å². The van der Waals surface area contributed by atoms with Crippen molar-refractivity contribution in [3.8, 4) is 0 Å². The molecular weight excluding hydrogens is 250 g/mol. The van der Waals surface area contributed by atoms with Crippen LogP contribution in [0.2, 0.25) is 0 Å². The molecule has 5 heteroatoms. The summed E-state index contributed by atoms with van der Waals surface area (Å²) in [7, 11) is 1.55. The van der Waals surface area contributed by atoms with Gasteiger partial charge in [0.15, 0.2) is 5.76 Å². The number of fused-ring (bicyclic) bond motifs is 2. The first kappa shape index (κ1) is 12.1. The molecule has 3 rings (SSSR count). The lowest BCUT2D eigenvalue weighted by Crippen LogP contribution is -2.25. The number of thioether (sulfide) groups is 1. The van der Waals surface area contributed by atoms with E-state index in [0.717, 1.165) is 6.42 Å². The van der Waals surface area contributed by atoms with Crippen molar-refractivity contribution >= 4 is 11.8 Å². The zero-order valence-electron chi connectivity index (χ0n) is 10.5. The number of rotatable bonds is 2. The Labute approximate surface area is 111 Å². The highest BCUT2D eigenvalue weighted by atomic mass is 32.2. The van der Waals surface area contributed by atoms with Crippen molar-refractivity contribution < 1.29 is 9.66 Å². The van der Waals surface area contributed by atoms with E-state index in [1.807, 2.05) is 11.8 Å². The number of allylic oxidation sites excluding steroid dienone is 4. The zero-order chi connectivity index (χ0) is 12.7. The maximum atomic E-state index is 11.1. The second-order valence-electron chi connectivity index (χ2n) is 5.16. The van der Waals surface area contributed by atoms with Gasteiger partial charge in [-0.2, -0.15) is 0 Å². The third-order valence-electron chi connectivity index (χ3n) is 4.24. The summed E-state index contributed by atoms with van der Waals surface area (Å²) < 4.78 is 5.26. The van der Waals surface area contributed by atoms with Gasteiger partial charge in [0.2, 0.25) is 0 Å². The van der Waals surface area contributed by atoms with E-state index in [-0.39, 0.29) is 4.92 Å². The number of methoxy groups -OCH3 is 1. The molecule has 3 aliphatic rings. The van der Waals surface area contributed by atoms with Gasteiger partial charge in [-0.15, -0.1) is 11.8 Å². The van der Waals surface area contributed by atoms with Crippen LogP contribution in [0.4, 0.5) is 0 Å². The van der Waals surface area contributed by atoms with Crippen molar-refractivity contribution in [1.29, 1.82) is 0 Å². The van der Waals surface area contributed by atoms with Gasteiger partial charge in [0.1, 0.15) is 0 Å². The maximum absolute atomic E-state index is 11.1. The molecule has 0 spiro atoms. The van der Waals surface area contributed by atoms with E-state index in [9.17, 15) is 10.1 Å². The molecule has 2 aliphatic carbocycles. The smallest absolute Gasteiger partial charge is 0.284 e. The van der Waals surface area contributed by atoms with Gasteiger partial charge in [-0.1, -0.05) is 5.57 Å². The number of nitrogens with zero attached hydrogens (tertiary/aromatic N) is 1. The molecule has 0 aromatic rings. The quantitative estimate of drug-likeness (QED) is 0.568. The fraction of sp³-hybridized carbons (Fsp3) is 0.692. The fourth-order valence-corrected chi connectivity index (χ4v) is 5.05. The van der Waals surface area contributed by atoms with Gasteiger partial charge < -0.3 is 4.74 Å². The molecule has 18 heavy (non-hydrogen) atoms. The lowest BCUT2D eigenvalue weighted by atomic mass is 9.80. The number of ether oxygens (including phenoxy) is 1. The Bertz CT molecular complexity index is 455. The molecule has 0 amide bonds. The summed E-state index contributed by atoms with van der Waals surface area (Å²) >= 11 is 1.90. The van der Waals surface area contributed by atoms with Gasteiger partial charge in [0.05, 0.1) is 18.5 Å². The van der Waals surface area contributed by atoms with E-state index < -0.39 is 0 Å². The number of hydrogen-bond acceptors (Lipinski definition) is 4. The molecule has 0 aromatic heterocycles. The number of hydrogen-bond donors (Lipinski definition) is 0. The highest BCUT2D eigenvalue weighted by Crippen LogP contribution is 2.54. The van der Waals surface area contributed by atoms with Crippen molar-refractivity contribution in [3.05, 3.63) is 32.0 Å². The minimum atomic E-state index is -0.257. The van der Waals surface area contributed by atoms with Crippen LogP contribution in [0, 0.1) is 16.0 Å². The van der Waals surface area contributed by atoms with Crippen molar-refractivity contribution in [1.82, 2.24) is 0 Å². The van der Waals surface area contributed by atoms with Crippen LogP contribution in [0.5, 0.6) is 0 Å². The topological polar surface area (TPSA) is 52.4 Å². The van der Waals surface area contributed by atoms with Gasteiger partial charge in [-0.05, 0) is 30.6 Å². The van der Waals surface area contributed by atoms with Crippen LogP contribution >= 0.6 is 11.8 Å². The molecule has 2 atom stereocenters. The Morgan fingerprint density at radius 3 is 2.83 bits per heavy atom. The minimum absolute atomic E-state index is 0.257. The molecule has 2 unspecified atom stereocenters. The van der Waals surface area contributed by atoms with E-state index in [4.69, 9.17) is 4.74 Å². The Morgan fingerprint density at radius 1 is 1.33 bits per heavy atom. The normalized spacial score (nSPS) is 31.2. The summed E-state index contributed by atoms with van der Waals surface area (Å²) in [5.74, 6) is 1.09. The van der Waals surface area contributed by atoms with Gasteiger partial charge in [0, 0.05) is 17.6 Å². The average molecular weight is 267 g/mol. The maximum Gasteiger partial charge on any atom is 0.284 e. The fourth-order valence-electron chi connectivity index (χ4n) is 3.36. The molecule has 0 saturated heterocycles. The van der Waals surface area contributed by atoms with Crippen molar-refractivity contribution in [2.24, 2.45) is 5.92 Å². The molecule has 0 saturated carbocycles.